The van der Waals surface area contributed by atoms with Crippen molar-refractivity contribution in [2.45, 2.75) is 25.7 Å². The number of aryl methyl sites for hydroxylation is 4. The van der Waals surface area contributed by atoms with Gasteiger partial charge in [-0.2, -0.15) is 0 Å². The van der Waals surface area contributed by atoms with E-state index in [0.717, 1.165) is 85.3 Å². The van der Waals surface area contributed by atoms with Crippen molar-refractivity contribution in [1.29, 1.82) is 0 Å². The summed E-state index contributed by atoms with van der Waals surface area (Å²) in [5.74, 6) is 0.572. The lowest BCUT2D eigenvalue weighted by Gasteiger charge is -2.22. The quantitative estimate of drug-likeness (QED) is 0.208. The molecule has 0 spiro atoms. The summed E-state index contributed by atoms with van der Waals surface area (Å²) in [6.45, 7) is 3.74. The molecule has 0 bridgehead atoms. The van der Waals surface area contributed by atoms with Gasteiger partial charge in [0.15, 0.2) is 0 Å². The Bertz CT molecular complexity index is 2390. The van der Waals surface area contributed by atoms with Gasteiger partial charge >= 0.3 is 11.4 Å². The van der Waals surface area contributed by atoms with Gasteiger partial charge in [0.1, 0.15) is 11.5 Å². The minimum Gasteiger partial charge on any atom is -0.496 e. The first kappa shape index (κ1) is 37.9. The summed E-state index contributed by atoms with van der Waals surface area (Å²) in [4.78, 5) is 55.2. The molecule has 2 aromatic heterocycles. The van der Waals surface area contributed by atoms with Crippen LogP contribution in [0, 0.1) is 0 Å². The molecule has 14 nitrogen and oxygen atoms in total. The summed E-state index contributed by atoms with van der Waals surface area (Å²) < 4.78 is 17.1. The molecule has 0 atom stereocenters. The predicted molar refractivity (Wildman–Crippen MR) is 221 cm³/mol. The van der Waals surface area contributed by atoms with Crippen LogP contribution in [0.25, 0.3) is 22.1 Å². The van der Waals surface area contributed by atoms with Crippen molar-refractivity contribution in [1.82, 2.24) is 18.3 Å². The van der Waals surface area contributed by atoms with Crippen molar-refractivity contribution in [3.63, 3.8) is 0 Å². The highest BCUT2D eigenvalue weighted by molar-refractivity contribution is 6.10. The highest BCUT2D eigenvalue weighted by Crippen LogP contribution is 2.35. The topological polar surface area (TPSA) is 137 Å². The van der Waals surface area contributed by atoms with Crippen molar-refractivity contribution in [2.24, 2.45) is 28.2 Å². The summed E-state index contributed by atoms with van der Waals surface area (Å²) in [6.07, 6.45) is 4.47. The van der Waals surface area contributed by atoms with E-state index < -0.39 is 0 Å². The molecule has 0 saturated carbocycles. The fraction of sp³-hybridized carbons (Fsp3) is 0.333. The van der Waals surface area contributed by atoms with Crippen LogP contribution < -0.4 is 41.3 Å². The number of anilines is 4. The molecule has 0 aliphatic carbocycles. The van der Waals surface area contributed by atoms with E-state index in [2.05, 4.69) is 20.4 Å². The van der Waals surface area contributed by atoms with Crippen LogP contribution in [0.1, 0.15) is 46.4 Å². The summed E-state index contributed by atoms with van der Waals surface area (Å²) in [5.41, 5.74) is 7.32. The minimum absolute atomic E-state index is 0.0874. The number of methoxy groups -OCH3 is 2. The Balaban J connectivity index is 0.000000172. The third-order valence-electron chi connectivity index (χ3n) is 10.9. The van der Waals surface area contributed by atoms with Gasteiger partial charge in [0.25, 0.3) is 11.8 Å². The zero-order chi connectivity index (χ0) is 39.7. The zero-order valence-electron chi connectivity index (χ0n) is 32.7. The zero-order valence-corrected chi connectivity index (χ0v) is 32.7. The molecule has 2 saturated heterocycles. The maximum absolute atomic E-state index is 13.0. The Kier molecular flexibility index (Phi) is 10.6. The van der Waals surface area contributed by atoms with Crippen LogP contribution in [0.4, 0.5) is 22.7 Å². The third kappa shape index (κ3) is 6.98. The molecule has 4 heterocycles. The fourth-order valence-corrected chi connectivity index (χ4v) is 7.75. The van der Waals surface area contributed by atoms with Crippen LogP contribution in [0.15, 0.2) is 82.4 Å². The van der Waals surface area contributed by atoms with Gasteiger partial charge in [-0.15, -0.1) is 0 Å². The van der Waals surface area contributed by atoms with Gasteiger partial charge in [0.2, 0.25) is 0 Å². The van der Waals surface area contributed by atoms with E-state index in [-0.39, 0.29) is 23.2 Å². The lowest BCUT2D eigenvalue weighted by Crippen LogP contribution is -2.21. The van der Waals surface area contributed by atoms with Crippen LogP contribution in [-0.4, -0.2) is 70.5 Å². The van der Waals surface area contributed by atoms with Crippen molar-refractivity contribution >= 4 is 56.6 Å². The van der Waals surface area contributed by atoms with Crippen LogP contribution in [0.3, 0.4) is 0 Å². The molecule has 2 N–H and O–H groups in total. The van der Waals surface area contributed by atoms with Crippen molar-refractivity contribution in [3.8, 4) is 11.5 Å². The van der Waals surface area contributed by atoms with Crippen LogP contribution in [-0.2, 0) is 28.2 Å². The first-order chi connectivity index (χ1) is 27.0. The van der Waals surface area contributed by atoms with E-state index in [0.29, 0.717) is 34.0 Å². The van der Waals surface area contributed by atoms with E-state index in [4.69, 9.17) is 9.47 Å². The lowest BCUT2D eigenvalue weighted by atomic mass is 10.1. The number of hydrogen-bond donors (Lipinski definition) is 2. The number of amides is 2. The number of nitrogens with one attached hydrogen (secondary N) is 2. The Morgan fingerprint density at radius 2 is 0.839 bits per heavy atom. The average Bonchev–Trinajstić information content (AvgIpc) is 4.03. The molecule has 8 rings (SSSR count). The summed E-state index contributed by atoms with van der Waals surface area (Å²) >= 11 is 0. The maximum atomic E-state index is 13.0. The van der Waals surface area contributed by atoms with Crippen molar-refractivity contribution < 1.29 is 19.1 Å². The van der Waals surface area contributed by atoms with Crippen LogP contribution in [0.2, 0.25) is 0 Å². The molecule has 2 aliphatic rings. The van der Waals surface area contributed by atoms with Crippen molar-refractivity contribution in [3.05, 3.63) is 105 Å². The number of para-hydroxylation sites is 2. The second-order valence-corrected chi connectivity index (χ2v) is 14.2. The Hall–Kier alpha value is -6.44. The Labute approximate surface area is 324 Å². The van der Waals surface area contributed by atoms with Gasteiger partial charge in [0, 0.05) is 54.4 Å². The number of imidazole rings is 2. The van der Waals surface area contributed by atoms with Gasteiger partial charge in [-0.05, 0) is 74.2 Å². The normalized spacial score (nSPS) is 13.9. The first-order valence-corrected chi connectivity index (χ1v) is 18.8. The third-order valence-corrected chi connectivity index (χ3v) is 10.9. The first-order valence-electron chi connectivity index (χ1n) is 18.8. The Morgan fingerprint density at radius 3 is 1.18 bits per heavy atom. The number of aromatic nitrogens is 4. The summed E-state index contributed by atoms with van der Waals surface area (Å²) in [6, 6.07) is 22.1. The number of fused-ring (bicyclic) bond motifs is 2. The highest BCUT2D eigenvalue weighted by atomic mass is 16.5. The largest absolute Gasteiger partial charge is 0.496 e. The SMILES string of the molecule is COc1ccccc1C(=O)Nc1cc2c(cc1N1CCCC1)n(C)c(=O)n2C.COc1ccccc1C(=O)Nc1cc2c(cc1N1CCCC1)n(C)c(=O)n2C. The molecular weight excluding hydrogens is 713 g/mol. The molecule has 14 heteroatoms. The van der Waals surface area contributed by atoms with Gasteiger partial charge in [-0.1, -0.05) is 24.3 Å². The molecule has 6 aromatic rings. The maximum Gasteiger partial charge on any atom is 0.328 e. The molecule has 292 valence electrons. The van der Waals surface area contributed by atoms with Gasteiger partial charge in [-0.25, -0.2) is 9.59 Å². The molecule has 56 heavy (non-hydrogen) atoms. The molecule has 2 amide bonds. The highest BCUT2D eigenvalue weighted by Gasteiger charge is 2.24. The second-order valence-electron chi connectivity index (χ2n) is 14.2. The number of rotatable bonds is 8. The average molecular weight is 761 g/mol. The smallest absolute Gasteiger partial charge is 0.328 e. The fourth-order valence-electron chi connectivity index (χ4n) is 7.75. The second kappa shape index (κ2) is 15.7. The van der Waals surface area contributed by atoms with Crippen molar-refractivity contribution in [2.75, 3.05) is 60.8 Å². The molecule has 2 aliphatic heterocycles. The molecule has 0 unspecified atom stereocenters. The van der Waals surface area contributed by atoms with E-state index in [9.17, 15) is 19.2 Å². The number of carbonyl (C=O) groups excluding carboxylic acids is 2. The van der Waals surface area contributed by atoms with Crippen LogP contribution >= 0.6 is 0 Å². The van der Waals surface area contributed by atoms with E-state index in [1.54, 1.807) is 84.9 Å². The summed E-state index contributed by atoms with van der Waals surface area (Å²) in [7, 11) is 10.1. The van der Waals surface area contributed by atoms with Gasteiger partial charge in [0.05, 0.1) is 70.2 Å². The van der Waals surface area contributed by atoms with E-state index in [1.807, 2.05) is 48.5 Å². The van der Waals surface area contributed by atoms with E-state index in [1.165, 1.54) is 0 Å². The molecular formula is C42H48N8O6. The monoisotopic (exact) mass is 760 g/mol. The number of nitrogens with zero attached hydrogens (tertiary/aromatic N) is 6. The number of ether oxygens (including phenoxy) is 2. The minimum atomic E-state index is -0.238. The summed E-state index contributed by atoms with van der Waals surface area (Å²) in [5, 5.41) is 6.08. The lowest BCUT2D eigenvalue weighted by molar-refractivity contribution is 0.101. The number of hydrogen-bond acceptors (Lipinski definition) is 8. The van der Waals surface area contributed by atoms with E-state index >= 15 is 0 Å². The van der Waals surface area contributed by atoms with Gasteiger partial charge in [-0.3, -0.25) is 27.9 Å². The van der Waals surface area contributed by atoms with Gasteiger partial charge < -0.3 is 29.9 Å². The van der Waals surface area contributed by atoms with Crippen LogP contribution in [0.5, 0.6) is 11.5 Å². The molecule has 0 radical (unpaired) electrons. The molecule has 2 fully saturated rings. The number of benzene rings is 4. The Morgan fingerprint density at radius 1 is 0.518 bits per heavy atom. The number of carbonyl (C=O) groups is 2. The standard InChI is InChI=1S/2C21H24N4O3/c2*1-23-17-12-15(22-20(26)14-8-4-5-9-19(14)28-3)16(25-10-6-7-11-25)13-18(17)24(2)21(23)27/h2*4-5,8-9,12-13H,6-7,10-11H2,1-3H3,(H,22,26). The predicted octanol–water partition coefficient (Wildman–Crippen LogP) is 5.48. The molecule has 4 aromatic carbocycles.